The molecule has 0 atom stereocenters. The van der Waals surface area contributed by atoms with E-state index < -0.39 is 0 Å². The predicted octanol–water partition coefficient (Wildman–Crippen LogP) is 1.80. The molecule has 0 aliphatic heterocycles. The summed E-state index contributed by atoms with van der Waals surface area (Å²) in [6.07, 6.45) is 1.61. The third-order valence-electron chi connectivity index (χ3n) is 2.64. The van der Waals surface area contributed by atoms with Crippen LogP contribution in [-0.2, 0) is 6.54 Å². The largest absolute Gasteiger partial charge is 0.444 e. The molecule has 2 aromatic rings. The van der Waals surface area contributed by atoms with E-state index in [9.17, 15) is 4.79 Å². The van der Waals surface area contributed by atoms with Gasteiger partial charge in [0.15, 0.2) is 0 Å². The number of nitrogens with one attached hydrogen (secondary N) is 1. The van der Waals surface area contributed by atoms with Gasteiger partial charge in [0.05, 0.1) is 18.3 Å². The Morgan fingerprint density at radius 3 is 2.89 bits per heavy atom. The Labute approximate surface area is 105 Å². The number of carbonyl (C=O) groups excluding carboxylic acids is 1. The lowest BCUT2D eigenvalue weighted by molar-refractivity contribution is 0.0948. The number of anilines is 1. The van der Waals surface area contributed by atoms with Crippen molar-refractivity contribution in [2.75, 3.05) is 5.73 Å². The van der Waals surface area contributed by atoms with E-state index in [-0.39, 0.29) is 12.5 Å². The minimum absolute atomic E-state index is 0.230. The summed E-state index contributed by atoms with van der Waals surface area (Å²) in [5.74, 6) is 0.966. The number of benzene rings is 1. The van der Waals surface area contributed by atoms with Crippen LogP contribution in [0.2, 0.25) is 0 Å². The number of nitrogens with two attached hydrogens (primary N) is 1. The number of aromatic nitrogens is 1. The molecule has 0 aliphatic carbocycles. The standard InChI is InChI=1S/C13H15N3O2/c1-8-4-3-5-10(12(8)14)13(17)16-7-11-15-6-9(2)18-11/h3-6H,7,14H2,1-2H3,(H,16,17). The van der Waals surface area contributed by atoms with Crippen molar-refractivity contribution in [3.05, 3.63) is 47.2 Å². The Bertz CT molecular complexity index is 575. The zero-order chi connectivity index (χ0) is 13.1. The maximum absolute atomic E-state index is 11.9. The van der Waals surface area contributed by atoms with Crippen molar-refractivity contribution in [3.63, 3.8) is 0 Å². The van der Waals surface area contributed by atoms with Crippen LogP contribution >= 0.6 is 0 Å². The van der Waals surface area contributed by atoms with Gasteiger partial charge < -0.3 is 15.5 Å². The molecule has 1 aromatic heterocycles. The van der Waals surface area contributed by atoms with E-state index in [1.54, 1.807) is 25.3 Å². The molecule has 0 spiro atoms. The van der Waals surface area contributed by atoms with Crippen LogP contribution in [0.15, 0.2) is 28.8 Å². The molecule has 5 nitrogen and oxygen atoms in total. The Balaban J connectivity index is 2.06. The van der Waals surface area contributed by atoms with Gasteiger partial charge in [0.25, 0.3) is 5.91 Å². The summed E-state index contributed by atoms with van der Waals surface area (Å²) >= 11 is 0. The lowest BCUT2D eigenvalue weighted by Crippen LogP contribution is -2.24. The minimum atomic E-state index is -0.230. The van der Waals surface area contributed by atoms with Crippen LogP contribution in [0, 0.1) is 13.8 Å². The maximum atomic E-state index is 11.9. The molecule has 0 saturated carbocycles. The average Bonchev–Trinajstić information content (AvgIpc) is 2.76. The van der Waals surface area contributed by atoms with Crippen LogP contribution in [0.4, 0.5) is 5.69 Å². The number of nitrogens with zero attached hydrogens (tertiary/aromatic N) is 1. The summed E-state index contributed by atoms with van der Waals surface area (Å²) in [7, 11) is 0. The zero-order valence-corrected chi connectivity index (χ0v) is 10.4. The van der Waals surface area contributed by atoms with Crippen LogP contribution < -0.4 is 11.1 Å². The number of amides is 1. The van der Waals surface area contributed by atoms with Gasteiger partial charge in [-0.3, -0.25) is 4.79 Å². The number of para-hydroxylation sites is 1. The number of oxazole rings is 1. The van der Waals surface area contributed by atoms with E-state index in [4.69, 9.17) is 10.2 Å². The maximum Gasteiger partial charge on any atom is 0.253 e. The van der Waals surface area contributed by atoms with E-state index >= 15 is 0 Å². The van der Waals surface area contributed by atoms with Crippen molar-refractivity contribution in [2.24, 2.45) is 0 Å². The molecule has 0 unspecified atom stereocenters. The summed E-state index contributed by atoms with van der Waals surface area (Å²) < 4.78 is 5.27. The SMILES string of the molecule is Cc1cnc(CNC(=O)c2cccc(C)c2N)o1. The molecule has 5 heteroatoms. The first-order chi connectivity index (χ1) is 8.58. The Kier molecular flexibility index (Phi) is 3.32. The van der Waals surface area contributed by atoms with E-state index in [0.29, 0.717) is 22.9 Å². The average molecular weight is 245 g/mol. The highest BCUT2D eigenvalue weighted by Gasteiger charge is 2.11. The number of aryl methyl sites for hydroxylation is 2. The first kappa shape index (κ1) is 12.2. The quantitative estimate of drug-likeness (QED) is 0.808. The molecule has 94 valence electrons. The van der Waals surface area contributed by atoms with E-state index in [1.165, 1.54) is 0 Å². The third kappa shape index (κ3) is 2.51. The third-order valence-corrected chi connectivity index (χ3v) is 2.64. The molecule has 18 heavy (non-hydrogen) atoms. The number of hydrogen-bond donors (Lipinski definition) is 2. The highest BCUT2D eigenvalue weighted by Crippen LogP contribution is 2.16. The van der Waals surface area contributed by atoms with Crippen LogP contribution in [0.5, 0.6) is 0 Å². The van der Waals surface area contributed by atoms with Gasteiger partial charge in [-0.2, -0.15) is 0 Å². The fourth-order valence-corrected chi connectivity index (χ4v) is 1.61. The topological polar surface area (TPSA) is 81.2 Å². The van der Waals surface area contributed by atoms with Gasteiger partial charge in [-0.15, -0.1) is 0 Å². The normalized spacial score (nSPS) is 10.3. The van der Waals surface area contributed by atoms with Gasteiger partial charge in [-0.05, 0) is 25.5 Å². The van der Waals surface area contributed by atoms with Gasteiger partial charge in [0.1, 0.15) is 5.76 Å². The molecule has 3 N–H and O–H groups in total. The summed E-state index contributed by atoms with van der Waals surface area (Å²) in [6, 6.07) is 5.36. The fourth-order valence-electron chi connectivity index (χ4n) is 1.61. The van der Waals surface area contributed by atoms with E-state index in [2.05, 4.69) is 10.3 Å². The highest BCUT2D eigenvalue weighted by molar-refractivity contribution is 5.99. The molecular weight excluding hydrogens is 230 g/mol. The van der Waals surface area contributed by atoms with Gasteiger partial charge in [0, 0.05) is 5.69 Å². The number of hydrogen-bond acceptors (Lipinski definition) is 4. The molecular formula is C13H15N3O2. The van der Waals surface area contributed by atoms with E-state index in [0.717, 1.165) is 5.56 Å². The second kappa shape index (κ2) is 4.91. The van der Waals surface area contributed by atoms with Crippen molar-refractivity contribution in [1.29, 1.82) is 0 Å². The molecule has 0 fully saturated rings. The van der Waals surface area contributed by atoms with Gasteiger partial charge in [-0.25, -0.2) is 4.98 Å². The lowest BCUT2D eigenvalue weighted by Gasteiger charge is -2.07. The molecule has 0 radical (unpaired) electrons. The molecule has 2 rings (SSSR count). The molecule has 0 aliphatic rings. The number of rotatable bonds is 3. The molecule has 0 saturated heterocycles. The van der Waals surface area contributed by atoms with Crippen LogP contribution in [0.1, 0.15) is 27.6 Å². The lowest BCUT2D eigenvalue weighted by atomic mass is 10.1. The summed E-state index contributed by atoms with van der Waals surface area (Å²) in [4.78, 5) is 15.9. The second-order valence-electron chi connectivity index (χ2n) is 4.08. The minimum Gasteiger partial charge on any atom is -0.444 e. The van der Waals surface area contributed by atoms with Crippen molar-refractivity contribution in [1.82, 2.24) is 10.3 Å². The van der Waals surface area contributed by atoms with Crippen molar-refractivity contribution in [3.8, 4) is 0 Å². The fraction of sp³-hybridized carbons (Fsp3) is 0.231. The van der Waals surface area contributed by atoms with Crippen LogP contribution in [0.25, 0.3) is 0 Å². The Hall–Kier alpha value is -2.30. The Morgan fingerprint density at radius 1 is 1.44 bits per heavy atom. The van der Waals surface area contributed by atoms with Crippen molar-refractivity contribution < 1.29 is 9.21 Å². The number of carbonyl (C=O) groups is 1. The summed E-state index contributed by atoms with van der Waals surface area (Å²) in [6.45, 7) is 3.92. The Morgan fingerprint density at radius 2 is 2.22 bits per heavy atom. The first-order valence-corrected chi connectivity index (χ1v) is 5.62. The van der Waals surface area contributed by atoms with Crippen LogP contribution in [0.3, 0.4) is 0 Å². The molecule has 1 heterocycles. The van der Waals surface area contributed by atoms with Gasteiger partial charge in [0.2, 0.25) is 5.89 Å². The molecule has 1 aromatic carbocycles. The monoisotopic (exact) mass is 245 g/mol. The van der Waals surface area contributed by atoms with Crippen molar-refractivity contribution in [2.45, 2.75) is 20.4 Å². The van der Waals surface area contributed by atoms with E-state index in [1.807, 2.05) is 13.0 Å². The van der Waals surface area contributed by atoms with Crippen molar-refractivity contribution >= 4 is 11.6 Å². The molecule has 0 bridgehead atoms. The van der Waals surface area contributed by atoms with Crippen LogP contribution in [-0.4, -0.2) is 10.9 Å². The highest BCUT2D eigenvalue weighted by atomic mass is 16.4. The zero-order valence-electron chi connectivity index (χ0n) is 10.4. The summed E-state index contributed by atoms with van der Waals surface area (Å²) in [5.41, 5.74) is 7.71. The smallest absolute Gasteiger partial charge is 0.253 e. The number of nitrogen functional groups attached to an aromatic ring is 1. The van der Waals surface area contributed by atoms with Gasteiger partial charge >= 0.3 is 0 Å². The predicted molar refractivity (Wildman–Crippen MR) is 68.0 cm³/mol. The summed E-state index contributed by atoms with van der Waals surface area (Å²) in [5, 5.41) is 2.72. The molecule has 1 amide bonds. The van der Waals surface area contributed by atoms with Gasteiger partial charge in [-0.1, -0.05) is 12.1 Å². The first-order valence-electron chi connectivity index (χ1n) is 5.62. The second-order valence-corrected chi connectivity index (χ2v) is 4.08.